The molecule has 2 aromatic rings. The quantitative estimate of drug-likeness (QED) is 0.531. The summed E-state index contributed by atoms with van der Waals surface area (Å²) in [5.74, 6) is -1.20. The van der Waals surface area contributed by atoms with E-state index >= 15 is 0 Å². The molecule has 0 radical (unpaired) electrons. The van der Waals surface area contributed by atoms with E-state index in [-0.39, 0.29) is 17.8 Å². The van der Waals surface area contributed by atoms with Crippen molar-refractivity contribution in [2.75, 3.05) is 5.32 Å². The number of hydrogen-bond donors (Lipinski definition) is 1. The number of anilines is 1. The number of nitrogens with one attached hydrogen (secondary N) is 1. The number of nitro benzene ring substituents is 1. The Balaban J connectivity index is 1.89. The van der Waals surface area contributed by atoms with Crippen LogP contribution in [0.2, 0.25) is 0 Å². The van der Waals surface area contributed by atoms with Crippen molar-refractivity contribution in [2.24, 2.45) is 0 Å². The summed E-state index contributed by atoms with van der Waals surface area (Å²) >= 11 is 0. The van der Waals surface area contributed by atoms with Crippen LogP contribution < -0.4 is 5.32 Å². The predicted octanol–water partition coefficient (Wildman–Crippen LogP) is 2.71. The van der Waals surface area contributed by atoms with E-state index in [1.54, 1.807) is 30.3 Å². The average molecular weight is 326 g/mol. The highest BCUT2D eigenvalue weighted by Crippen LogP contribution is 2.31. The molecule has 1 amide bonds. The maximum absolute atomic E-state index is 12.6. The second kappa shape index (κ2) is 5.77. The van der Waals surface area contributed by atoms with E-state index in [1.165, 1.54) is 25.1 Å². The Morgan fingerprint density at radius 1 is 1.21 bits per heavy atom. The lowest BCUT2D eigenvalue weighted by atomic mass is 9.89. The second-order valence-electron chi connectivity index (χ2n) is 5.68. The summed E-state index contributed by atoms with van der Waals surface area (Å²) < 4.78 is 5.31. The number of fused-ring (bicyclic) bond motifs is 1. The number of carbonyl (C=O) groups excluding carboxylic acids is 2. The number of rotatable bonds is 3. The Hall–Kier alpha value is -3.22. The monoisotopic (exact) mass is 326 g/mol. The molecule has 7 heteroatoms. The highest BCUT2D eigenvalue weighted by molar-refractivity contribution is 6.03. The lowest BCUT2D eigenvalue weighted by molar-refractivity contribution is -0.383. The first kappa shape index (κ1) is 15.7. The Labute approximate surface area is 137 Å². The van der Waals surface area contributed by atoms with Gasteiger partial charge in [0.1, 0.15) is 5.69 Å². The molecule has 122 valence electrons. The van der Waals surface area contributed by atoms with Crippen LogP contribution in [-0.2, 0) is 16.0 Å². The lowest BCUT2D eigenvalue weighted by Gasteiger charge is -2.32. The van der Waals surface area contributed by atoms with E-state index < -0.39 is 22.4 Å². The molecule has 2 aromatic carbocycles. The van der Waals surface area contributed by atoms with Gasteiger partial charge in [0.25, 0.3) is 11.6 Å². The van der Waals surface area contributed by atoms with Crippen molar-refractivity contribution in [1.29, 1.82) is 0 Å². The van der Waals surface area contributed by atoms with Crippen LogP contribution >= 0.6 is 0 Å². The van der Waals surface area contributed by atoms with E-state index in [2.05, 4.69) is 5.32 Å². The third kappa shape index (κ3) is 2.71. The fourth-order valence-electron chi connectivity index (χ4n) is 2.65. The molecule has 1 heterocycles. The number of cyclic esters (lactones) is 1. The first-order chi connectivity index (χ1) is 11.4. The van der Waals surface area contributed by atoms with Crippen molar-refractivity contribution in [2.45, 2.75) is 18.9 Å². The van der Waals surface area contributed by atoms with Gasteiger partial charge in [0.15, 0.2) is 5.60 Å². The molecule has 0 bridgehead atoms. The normalized spacial score (nSPS) is 19.1. The van der Waals surface area contributed by atoms with E-state index in [0.29, 0.717) is 11.1 Å². The Morgan fingerprint density at radius 2 is 1.88 bits per heavy atom. The summed E-state index contributed by atoms with van der Waals surface area (Å²) in [6.45, 7) is 1.49. The highest BCUT2D eigenvalue weighted by atomic mass is 16.6. The van der Waals surface area contributed by atoms with Gasteiger partial charge in [-0.2, -0.15) is 0 Å². The molecule has 1 aliphatic heterocycles. The van der Waals surface area contributed by atoms with Gasteiger partial charge in [-0.05, 0) is 24.6 Å². The number of nitrogens with zero attached hydrogens (tertiary/aromatic N) is 1. The van der Waals surface area contributed by atoms with Gasteiger partial charge in [-0.3, -0.25) is 14.9 Å². The maximum Gasteiger partial charge on any atom is 0.339 e. The van der Waals surface area contributed by atoms with E-state index in [1.807, 2.05) is 0 Å². The largest absolute Gasteiger partial charge is 0.445 e. The molecule has 0 spiro atoms. The SMILES string of the molecule is CC1(C(=O)Nc2ccccc2[N+](=O)[O-])Cc2ccccc2C(=O)O1. The Bertz CT molecular complexity index is 848. The van der Waals surface area contributed by atoms with Crippen LogP contribution in [0.15, 0.2) is 48.5 Å². The van der Waals surface area contributed by atoms with Crippen molar-refractivity contribution in [3.8, 4) is 0 Å². The average Bonchev–Trinajstić information content (AvgIpc) is 2.55. The topological polar surface area (TPSA) is 98.5 Å². The number of amides is 1. The van der Waals surface area contributed by atoms with Crippen LogP contribution in [0.1, 0.15) is 22.8 Å². The van der Waals surface area contributed by atoms with Crippen molar-refractivity contribution in [1.82, 2.24) is 0 Å². The number of esters is 1. The van der Waals surface area contributed by atoms with Gasteiger partial charge in [0, 0.05) is 12.5 Å². The van der Waals surface area contributed by atoms with Gasteiger partial charge in [-0.15, -0.1) is 0 Å². The zero-order valence-corrected chi connectivity index (χ0v) is 12.8. The van der Waals surface area contributed by atoms with Crippen LogP contribution in [0.4, 0.5) is 11.4 Å². The molecule has 0 aliphatic carbocycles. The fourth-order valence-corrected chi connectivity index (χ4v) is 2.65. The van der Waals surface area contributed by atoms with Crippen molar-refractivity contribution in [3.05, 3.63) is 69.8 Å². The summed E-state index contributed by atoms with van der Waals surface area (Å²) in [6, 6.07) is 12.7. The highest BCUT2D eigenvalue weighted by Gasteiger charge is 2.43. The molecule has 0 fully saturated rings. The van der Waals surface area contributed by atoms with Crippen molar-refractivity contribution in [3.63, 3.8) is 0 Å². The van der Waals surface area contributed by atoms with Crippen LogP contribution in [0, 0.1) is 10.1 Å². The number of para-hydroxylation sites is 2. The third-order valence-electron chi connectivity index (χ3n) is 3.91. The minimum Gasteiger partial charge on any atom is -0.445 e. The van der Waals surface area contributed by atoms with Crippen molar-refractivity contribution >= 4 is 23.3 Å². The van der Waals surface area contributed by atoms with Gasteiger partial charge in [-0.25, -0.2) is 4.79 Å². The predicted molar refractivity (Wildman–Crippen MR) is 85.7 cm³/mol. The van der Waals surface area contributed by atoms with E-state index in [9.17, 15) is 19.7 Å². The Morgan fingerprint density at radius 3 is 2.62 bits per heavy atom. The van der Waals surface area contributed by atoms with Crippen LogP contribution in [-0.4, -0.2) is 22.4 Å². The zero-order valence-electron chi connectivity index (χ0n) is 12.8. The number of nitro groups is 1. The molecule has 3 rings (SSSR count). The third-order valence-corrected chi connectivity index (χ3v) is 3.91. The summed E-state index contributed by atoms with van der Waals surface area (Å²) in [6.07, 6.45) is 0.196. The van der Waals surface area contributed by atoms with Crippen LogP contribution in [0.25, 0.3) is 0 Å². The van der Waals surface area contributed by atoms with E-state index in [4.69, 9.17) is 4.74 Å². The molecule has 1 aliphatic rings. The van der Waals surface area contributed by atoms with Gasteiger partial charge in [-0.1, -0.05) is 30.3 Å². The summed E-state index contributed by atoms with van der Waals surface area (Å²) in [4.78, 5) is 35.2. The summed E-state index contributed by atoms with van der Waals surface area (Å²) in [7, 11) is 0. The molecular formula is C17H14N2O5. The summed E-state index contributed by atoms with van der Waals surface area (Å²) in [5.41, 5.74) is -0.474. The van der Waals surface area contributed by atoms with Gasteiger partial charge < -0.3 is 10.1 Å². The van der Waals surface area contributed by atoms with Crippen LogP contribution in [0.3, 0.4) is 0 Å². The number of benzene rings is 2. The molecule has 1 N–H and O–H groups in total. The van der Waals surface area contributed by atoms with Gasteiger partial charge in [0.05, 0.1) is 10.5 Å². The first-order valence-corrected chi connectivity index (χ1v) is 7.27. The van der Waals surface area contributed by atoms with Crippen molar-refractivity contribution < 1.29 is 19.2 Å². The zero-order chi connectivity index (χ0) is 17.3. The molecule has 1 atom stereocenters. The molecule has 1 unspecified atom stereocenters. The lowest BCUT2D eigenvalue weighted by Crippen LogP contribution is -2.48. The number of carbonyl (C=O) groups is 2. The molecule has 24 heavy (non-hydrogen) atoms. The fraction of sp³-hybridized carbons (Fsp3) is 0.176. The standard InChI is InChI=1S/C17H14N2O5/c1-17(10-11-6-2-3-7-12(11)15(20)24-17)16(21)18-13-8-4-5-9-14(13)19(22)23/h2-9H,10H2,1H3,(H,18,21). The first-order valence-electron chi connectivity index (χ1n) is 7.27. The molecule has 0 aromatic heterocycles. The molecule has 7 nitrogen and oxygen atoms in total. The minimum atomic E-state index is -1.44. The number of hydrogen-bond acceptors (Lipinski definition) is 5. The van der Waals surface area contributed by atoms with Crippen LogP contribution in [0.5, 0.6) is 0 Å². The molecular weight excluding hydrogens is 312 g/mol. The van der Waals surface area contributed by atoms with E-state index in [0.717, 1.165) is 0 Å². The van der Waals surface area contributed by atoms with Gasteiger partial charge in [0.2, 0.25) is 0 Å². The Kier molecular flexibility index (Phi) is 3.76. The molecule has 0 saturated heterocycles. The number of ether oxygens (including phenoxy) is 1. The van der Waals surface area contributed by atoms with Gasteiger partial charge >= 0.3 is 5.97 Å². The summed E-state index contributed by atoms with van der Waals surface area (Å²) in [5, 5.41) is 13.5. The smallest absolute Gasteiger partial charge is 0.339 e. The maximum atomic E-state index is 12.6. The minimum absolute atomic E-state index is 0.0589. The second-order valence-corrected chi connectivity index (χ2v) is 5.68. The molecule has 0 saturated carbocycles.